The van der Waals surface area contributed by atoms with Crippen LogP contribution in [0.3, 0.4) is 0 Å². The van der Waals surface area contributed by atoms with E-state index in [4.69, 9.17) is 4.74 Å². The molecule has 1 unspecified atom stereocenters. The molecule has 2 aromatic rings. The molecule has 3 heterocycles. The summed E-state index contributed by atoms with van der Waals surface area (Å²) in [5.74, 6) is -0.701. The van der Waals surface area contributed by atoms with E-state index in [-0.39, 0.29) is 36.4 Å². The Labute approximate surface area is 150 Å². The molecule has 1 aromatic carbocycles. The quantitative estimate of drug-likeness (QED) is 0.818. The molecular formula is C19H21N3O4. The van der Waals surface area contributed by atoms with Crippen molar-refractivity contribution < 1.29 is 19.1 Å². The maximum Gasteiger partial charge on any atom is 0.308 e. The van der Waals surface area contributed by atoms with Crippen LogP contribution in [0.4, 0.5) is 0 Å². The van der Waals surface area contributed by atoms with Crippen molar-refractivity contribution in [3.05, 3.63) is 36.0 Å². The smallest absolute Gasteiger partial charge is 0.308 e. The van der Waals surface area contributed by atoms with Crippen molar-refractivity contribution in [2.45, 2.75) is 44.4 Å². The molecule has 0 spiro atoms. The fourth-order valence-electron chi connectivity index (χ4n) is 3.76. The molecule has 0 aliphatic carbocycles. The number of cyclic esters (lactones) is 1. The van der Waals surface area contributed by atoms with Crippen LogP contribution in [-0.2, 0) is 14.3 Å². The number of likely N-dealkylation sites (tertiary alicyclic amines) is 1. The lowest BCUT2D eigenvalue weighted by molar-refractivity contribution is -0.141. The third kappa shape index (κ3) is 2.94. The number of H-pyrrole nitrogens is 1. The molecule has 0 saturated carbocycles. The van der Waals surface area contributed by atoms with Crippen molar-refractivity contribution in [2.24, 2.45) is 0 Å². The number of hydrogen-bond donors (Lipinski definition) is 2. The number of aromatic amines is 1. The second kappa shape index (κ2) is 6.48. The van der Waals surface area contributed by atoms with E-state index in [2.05, 4.69) is 10.3 Å². The molecule has 2 aliphatic rings. The molecule has 2 fully saturated rings. The van der Waals surface area contributed by atoms with Gasteiger partial charge in [0.1, 0.15) is 17.8 Å². The number of amides is 2. The first kappa shape index (κ1) is 16.6. The van der Waals surface area contributed by atoms with Crippen LogP contribution in [0.1, 0.15) is 36.7 Å². The summed E-state index contributed by atoms with van der Waals surface area (Å²) in [5.41, 5.74) is 1.38. The Morgan fingerprint density at radius 3 is 2.85 bits per heavy atom. The molecule has 2 amide bonds. The number of ether oxygens (including phenoxy) is 1. The summed E-state index contributed by atoms with van der Waals surface area (Å²) in [7, 11) is 0. The lowest BCUT2D eigenvalue weighted by Crippen LogP contribution is -2.50. The van der Waals surface area contributed by atoms with Crippen LogP contribution >= 0.6 is 0 Å². The molecule has 0 bridgehead atoms. The normalized spacial score (nSPS) is 25.5. The van der Waals surface area contributed by atoms with Gasteiger partial charge in [0.2, 0.25) is 5.91 Å². The van der Waals surface area contributed by atoms with E-state index in [0.29, 0.717) is 18.7 Å². The van der Waals surface area contributed by atoms with Gasteiger partial charge in [-0.3, -0.25) is 14.4 Å². The number of nitrogens with one attached hydrogen (secondary N) is 2. The number of carbonyl (C=O) groups is 3. The zero-order valence-corrected chi connectivity index (χ0v) is 14.5. The van der Waals surface area contributed by atoms with Crippen molar-refractivity contribution in [1.29, 1.82) is 0 Å². The Morgan fingerprint density at radius 1 is 1.31 bits per heavy atom. The van der Waals surface area contributed by atoms with Crippen molar-refractivity contribution in [2.75, 3.05) is 6.54 Å². The number of para-hydroxylation sites is 1. The number of benzene rings is 1. The third-order valence-electron chi connectivity index (χ3n) is 5.17. The minimum Gasteiger partial charge on any atom is -0.460 e. The predicted octanol–water partition coefficient (Wildman–Crippen LogP) is 1.59. The lowest BCUT2D eigenvalue weighted by Gasteiger charge is -2.25. The average Bonchev–Trinajstić information content (AvgIpc) is 3.32. The topological polar surface area (TPSA) is 91.5 Å². The van der Waals surface area contributed by atoms with Gasteiger partial charge in [0.05, 0.1) is 12.5 Å². The maximum absolute atomic E-state index is 12.9. The lowest BCUT2D eigenvalue weighted by atomic mass is 10.1. The Bertz CT molecular complexity index is 842. The van der Waals surface area contributed by atoms with Crippen LogP contribution in [0.15, 0.2) is 30.3 Å². The molecule has 4 rings (SSSR count). The molecule has 0 radical (unpaired) electrons. The third-order valence-corrected chi connectivity index (χ3v) is 5.17. The standard InChI is InChI=1S/C19H21N3O4/c1-11-14(10-17(23)26-11)21-18(24)16-7-4-8-22(16)19(25)15-9-12-5-2-3-6-13(12)20-15/h2-3,5-6,9,11,14,16,20H,4,7-8,10H2,1H3,(H,21,24)/t11?,14-,16-/m0/s1. The molecule has 2 saturated heterocycles. The number of rotatable bonds is 3. The minimum atomic E-state index is -0.517. The molecule has 7 heteroatoms. The van der Waals surface area contributed by atoms with Crippen molar-refractivity contribution >= 4 is 28.7 Å². The number of nitrogens with zero attached hydrogens (tertiary/aromatic N) is 1. The van der Waals surface area contributed by atoms with Crippen molar-refractivity contribution in [1.82, 2.24) is 15.2 Å². The van der Waals surface area contributed by atoms with E-state index in [1.54, 1.807) is 11.8 Å². The van der Waals surface area contributed by atoms with Crippen LogP contribution in [0, 0.1) is 0 Å². The van der Waals surface area contributed by atoms with Crippen LogP contribution < -0.4 is 5.32 Å². The van der Waals surface area contributed by atoms with Crippen LogP contribution in [-0.4, -0.2) is 52.4 Å². The van der Waals surface area contributed by atoms with E-state index in [9.17, 15) is 14.4 Å². The van der Waals surface area contributed by atoms with Gasteiger partial charge in [0.25, 0.3) is 5.91 Å². The number of fused-ring (bicyclic) bond motifs is 1. The molecule has 2 aliphatic heterocycles. The number of esters is 1. The van der Waals surface area contributed by atoms with Gasteiger partial charge in [-0.25, -0.2) is 0 Å². The first-order chi connectivity index (χ1) is 12.5. The number of hydrogen-bond acceptors (Lipinski definition) is 4. The van der Waals surface area contributed by atoms with Crippen LogP contribution in [0.2, 0.25) is 0 Å². The fourth-order valence-corrected chi connectivity index (χ4v) is 3.76. The van der Waals surface area contributed by atoms with Gasteiger partial charge >= 0.3 is 5.97 Å². The van der Waals surface area contributed by atoms with Crippen molar-refractivity contribution in [3.8, 4) is 0 Å². The van der Waals surface area contributed by atoms with Gasteiger partial charge in [0, 0.05) is 17.4 Å². The Balaban J connectivity index is 1.49. The largest absolute Gasteiger partial charge is 0.460 e. The maximum atomic E-state index is 12.9. The summed E-state index contributed by atoms with van der Waals surface area (Å²) in [5, 5.41) is 3.84. The summed E-state index contributed by atoms with van der Waals surface area (Å²) in [6.07, 6.45) is 1.23. The molecule has 7 nitrogen and oxygen atoms in total. The monoisotopic (exact) mass is 355 g/mol. The molecule has 2 N–H and O–H groups in total. The van der Waals surface area contributed by atoms with Gasteiger partial charge in [-0.05, 0) is 31.9 Å². The average molecular weight is 355 g/mol. The molecule has 26 heavy (non-hydrogen) atoms. The van der Waals surface area contributed by atoms with E-state index in [0.717, 1.165) is 17.3 Å². The minimum absolute atomic E-state index is 0.175. The Kier molecular flexibility index (Phi) is 4.14. The van der Waals surface area contributed by atoms with Crippen LogP contribution in [0.5, 0.6) is 0 Å². The van der Waals surface area contributed by atoms with E-state index < -0.39 is 6.04 Å². The van der Waals surface area contributed by atoms with Gasteiger partial charge < -0.3 is 19.9 Å². The predicted molar refractivity (Wildman–Crippen MR) is 94.5 cm³/mol. The first-order valence-corrected chi connectivity index (χ1v) is 8.91. The highest BCUT2D eigenvalue weighted by Crippen LogP contribution is 2.23. The summed E-state index contributed by atoms with van der Waals surface area (Å²) < 4.78 is 5.08. The summed E-state index contributed by atoms with van der Waals surface area (Å²) in [4.78, 5) is 41.7. The first-order valence-electron chi connectivity index (χ1n) is 8.91. The Hall–Kier alpha value is -2.83. The molecule has 1 aromatic heterocycles. The van der Waals surface area contributed by atoms with Gasteiger partial charge in [-0.15, -0.1) is 0 Å². The van der Waals surface area contributed by atoms with Gasteiger partial charge in [-0.2, -0.15) is 0 Å². The Morgan fingerprint density at radius 2 is 2.12 bits per heavy atom. The molecule has 136 valence electrons. The number of carbonyl (C=O) groups excluding carboxylic acids is 3. The number of aromatic nitrogens is 1. The van der Waals surface area contributed by atoms with E-state index in [1.165, 1.54) is 0 Å². The zero-order valence-electron chi connectivity index (χ0n) is 14.5. The van der Waals surface area contributed by atoms with Crippen molar-refractivity contribution in [3.63, 3.8) is 0 Å². The fraction of sp³-hybridized carbons (Fsp3) is 0.421. The summed E-state index contributed by atoms with van der Waals surface area (Å²) >= 11 is 0. The van der Waals surface area contributed by atoms with Gasteiger partial charge in [-0.1, -0.05) is 18.2 Å². The SMILES string of the molecule is CC1OC(=O)C[C@@H]1NC(=O)[C@@H]1CCCN1C(=O)c1cc2ccccc2[nH]1. The zero-order chi connectivity index (χ0) is 18.3. The summed E-state index contributed by atoms with van der Waals surface area (Å²) in [6.45, 7) is 2.31. The highest BCUT2D eigenvalue weighted by molar-refractivity contribution is 6.00. The highest BCUT2D eigenvalue weighted by atomic mass is 16.6. The molecular weight excluding hydrogens is 334 g/mol. The van der Waals surface area contributed by atoms with Crippen LogP contribution in [0.25, 0.3) is 10.9 Å². The van der Waals surface area contributed by atoms with E-state index >= 15 is 0 Å². The summed E-state index contributed by atoms with van der Waals surface area (Å²) in [6, 6.07) is 8.65. The second-order valence-corrected chi connectivity index (χ2v) is 6.94. The van der Waals surface area contributed by atoms with E-state index in [1.807, 2.05) is 30.3 Å². The highest BCUT2D eigenvalue weighted by Gasteiger charge is 2.39. The van der Waals surface area contributed by atoms with Gasteiger partial charge in [0.15, 0.2) is 0 Å². The molecule has 3 atom stereocenters. The second-order valence-electron chi connectivity index (χ2n) is 6.94.